The zero-order chi connectivity index (χ0) is 19.6. The van der Waals surface area contributed by atoms with Gasteiger partial charge >= 0.3 is 6.03 Å². The van der Waals surface area contributed by atoms with Crippen LogP contribution in [0.4, 0.5) is 4.79 Å². The largest absolute Gasteiger partial charge is 0.357 e. The van der Waals surface area contributed by atoms with Crippen LogP contribution in [0.2, 0.25) is 0 Å². The normalized spacial score (nSPS) is 20.9. The highest BCUT2D eigenvalue weighted by atomic mass is 127. The Bertz CT molecular complexity index is 500. The number of hydrogen-bond donors (Lipinski definition) is 3. The van der Waals surface area contributed by atoms with Gasteiger partial charge in [-0.05, 0) is 40.0 Å². The van der Waals surface area contributed by atoms with E-state index in [4.69, 9.17) is 0 Å². The van der Waals surface area contributed by atoms with Gasteiger partial charge < -0.3 is 16.0 Å². The number of imide groups is 1. The molecule has 0 aromatic heterocycles. The molecule has 1 rings (SSSR count). The predicted octanol–water partition coefficient (Wildman–Crippen LogP) is 3.24. The molecule has 2 atom stereocenters. The molecule has 0 aromatic rings. The van der Waals surface area contributed by atoms with Crippen LogP contribution in [0.5, 0.6) is 0 Å². The van der Waals surface area contributed by atoms with Crippen molar-refractivity contribution in [2.24, 2.45) is 4.99 Å². The summed E-state index contributed by atoms with van der Waals surface area (Å²) in [6.07, 6.45) is 6.06. The summed E-state index contributed by atoms with van der Waals surface area (Å²) >= 11 is 0. The van der Waals surface area contributed by atoms with E-state index in [1.165, 1.54) is 24.2 Å². The van der Waals surface area contributed by atoms with Crippen LogP contribution in [0, 0.1) is 0 Å². The average Bonchev–Trinajstić information content (AvgIpc) is 2.82. The van der Waals surface area contributed by atoms with Crippen LogP contribution in [-0.2, 0) is 4.79 Å². The van der Waals surface area contributed by atoms with E-state index in [1.807, 2.05) is 13.8 Å². The Morgan fingerprint density at radius 3 is 2.48 bits per heavy atom. The molecular formula is C19H38IN5O2. The Morgan fingerprint density at radius 2 is 1.93 bits per heavy atom. The number of carbonyl (C=O) groups excluding carboxylic acids is 2. The van der Waals surface area contributed by atoms with E-state index < -0.39 is 5.54 Å². The molecule has 27 heavy (non-hydrogen) atoms. The summed E-state index contributed by atoms with van der Waals surface area (Å²) in [5.41, 5.74) is -0.759. The Kier molecular flexibility index (Phi) is 12.7. The molecule has 1 aliphatic rings. The molecular weight excluding hydrogens is 457 g/mol. The van der Waals surface area contributed by atoms with Gasteiger partial charge in [-0.15, -0.1) is 24.0 Å². The molecule has 0 aromatic carbocycles. The summed E-state index contributed by atoms with van der Waals surface area (Å²) in [5, 5.41) is 9.45. The topological polar surface area (TPSA) is 85.8 Å². The number of halogens is 1. The Balaban J connectivity index is 0.00000676. The van der Waals surface area contributed by atoms with Gasteiger partial charge in [0.15, 0.2) is 5.96 Å². The fourth-order valence-corrected chi connectivity index (χ4v) is 2.94. The Hall–Kier alpha value is -1.06. The molecule has 3 N–H and O–H groups in total. The first-order valence-corrected chi connectivity index (χ1v) is 10.1. The van der Waals surface area contributed by atoms with Crippen molar-refractivity contribution in [2.75, 3.05) is 19.6 Å². The highest BCUT2D eigenvalue weighted by Crippen LogP contribution is 2.20. The van der Waals surface area contributed by atoms with Gasteiger partial charge in [-0.1, -0.05) is 33.1 Å². The minimum atomic E-state index is -0.759. The van der Waals surface area contributed by atoms with Gasteiger partial charge in [-0.25, -0.2) is 4.79 Å². The lowest BCUT2D eigenvalue weighted by Gasteiger charge is -2.19. The molecule has 1 heterocycles. The zero-order valence-electron chi connectivity index (χ0n) is 17.6. The van der Waals surface area contributed by atoms with Gasteiger partial charge in [0.25, 0.3) is 5.91 Å². The molecule has 158 valence electrons. The van der Waals surface area contributed by atoms with Crippen LogP contribution in [0.1, 0.15) is 73.1 Å². The maximum atomic E-state index is 12.4. The summed E-state index contributed by atoms with van der Waals surface area (Å²) in [6.45, 7) is 11.9. The number of aliphatic imine (C=N–C) groups is 1. The van der Waals surface area contributed by atoms with Gasteiger partial charge in [0, 0.05) is 25.7 Å². The quantitative estimate of drug-likeness (QED) is 0.135. The number of rotatable bonds is 11. The van der Waals surface area contributed by atoms with Crippen molar-refractivity contribution in [2.45, 2.75) is 84.7 Å². The van der Waals surface area contributed by atoms with Gasteiger partial charge in [0.05, 0.1) is 0 Å². The van der Waals surface area contributed by atoms with E-state index in [-0.39, 0.29) is 35.9 Å². The van der Waals surface area contributed by atoms with Crippen molar-refractivity contribution in [3.05, 3.63) is 0 Å². The number of nitrogens with zero attached hydrogens (tertiary/aromatic N) is 2. The van der Waals surface area contributed by atoms with Gasteiger partial charge in [-0.2, -0.15) is 0 Å². The van der Waals surface area contributed by atoms with Crippen LogP contribution in [-0.4, -0.2) is 54.0 Å². The second-order valence-electron chi connectivity index (χ2n) is 7.23. The highest BCUT2D eigenvalue weighted by Gasteiger charge is 2.45. The van der Waals surface area contributed by atoms with E-state index in [0.29, 0.717) is 32.0 Å². The van der Waals surface area contributed by atoms with Crippen molar-refractivity contribution in [1.82, 2.24) is 20.9 Å². The summed E-state index contributed by atoms with van der Waals surface area (Å²) in [5.74, 6) is 0.663. The van der Waals surface area contributed by atoms with Crippen molar-refractivity contribution in [1.29, 1.82) is 0 Å². The van der Waals surface area contributed by atoms with Crippen LogP contribution < -0.4 is 16.0 Å². The Morgan fingerprint density at radius 1 is 1.22 bits per heavy atom. The molecule has 1 fully saturated rings. The van der Waals surface area contributed by atoms with E-state index in [0.717, 1.165) is 18.9 Å². The summed E-state index contributed by atoms with van der Waals surface area (Å²) < 4.78 is 0. The molecule has 0 saturated carbocycles. The average molecular weight is 495 g/mol. The lowest BCUT2D eigenvalue weighted by Crippen LogP contribution is -2.43. The van der Waals surface area contributed by atoms with Crippen molar-refractivity contribution < 1.29 is 9.59 Å². The summed E-state index contributed by atoms with van der Waals surface area (Å²) in [6, 6.07) is 0.0773. The fraction of sp³-hybridized carbons (Fsp3) is 0.842. The summed E-state index contributed by atoms with van der Waals surface area (Å²) in [7, 11) is 0. The summed E-state index contributed by atoms with van der Waals surface area (Å²) in [4.78, 5) is 30.2. The number of nitrogens with one attached hydrogen (secondary N) is 3. The molecule has 1 aliphatic heterocycles. The highest BCUT2D eigenvalue weighted by molar-refractivity contribution is 14.0. The molecule has 0 spiro atoms. The third kappa shape index (κ3) is 8.23. The number of guanidine groups is 1. The first kappa shape index (κ1) is 25.9. The molecule has 1 saturated heterocycles. The van der Waals surface area contributed by atoms with E-state index in [1.54, 1.807) is 6.92 Å². The molecule has 7 nitrogen and oxygen atoms in total. The first-order valence-electron chi connectivity index (χ1n) is 10.1. The maximum absolute atomic E-state index is 12.4. The number of urea groups is 1. The third-order valence-corrected chi connectivity index (χ3v) is 4.83. The lowest BCUT2D eigenvalue weighted by molar-refractivity contribution is -0.130. The number of unbranched alkanes of at least 4 members (excludes halogenated alkanes) is 2. The molecule has 0 aliphatic carbocycles. The second-order valence-corrected chi connectivity index (χ2v) is 7.23. The number of hydrogen-bond acceptors (Lipinski definition) is 3. The fourth-order valence-electron chi connectivity index (χ4n) is 2.94. The van der Waals surface area contributed by atoms with Crippen LogP contribution in [0.3, 0.4) is 0 Å². The third-order valence-electron chi connectivity index (χ3n) is 4.83. The minimum Gasteiger partial charge on any atom is -0.357 e. The number of amides is 3. The molecule has 0 radical (unpaired) electrons. The molecule has 8 heteroatoms. The first-order chi connectivity index (χ1) is 12.4. The monoisotopic (exact) mass is 495 g/mol. The smallest absolute Gasteiger partial charge is 0.325 e. The van der Waals surface area contributed by atoms with Crippen molar-refractivity contribution in [3.63, 3.8) is 0 Å². The molecule has 0 bridgehead atoms. The van der Waals surface area contributed by atoms with E-state index in [9.17, 15) is 9.59 Å². The van der Waals surface area contributed by atoms with Gasteiger partial charge in [0.2, 0.25) is 0 Å². The lowest BCUT2D eigenvalue weighted by atomic mass is 9.99. The van der Waals surface area contributed by atoms with Crippen LogP contribution >= 0.6 is 24.0 Å². The Labute approximate surface area is 181 Å². The SMILES string of the molecule is CCCCCC(C)NC(=NCCCN1C(=O)NC(C)(CC)C1=O)NCC.I. The number of carbonyl (C=O) groups is 2. The standard InChI is InChI=1S/C19H37N5O2.HI/c1-6-9-10-12-15(4)22-17(20-8-3)21-13-11-14-24-16(25)19(5,7-2)23-18(24)26;/h15H,6-14H2,1-5H3,(H,23,26)(H2,20,21,22);1H. The minimum absolute atomic E-state index is 0. The zero-order valence-corrected chi connectivity index (χ0v) is 19.9. The van der Waals surface area contributed by atoms with E-state index >= 15 is 0 Å². The second kappa shape index (κ2) is 13.2. The molecule has 2 unspecified atom stereocenters. The van der Waals surface area contributed by atoms with Gasteiger partial charge in [0.1, 0.15) is 5.54 Å². The maximum Gasteiger partial charge on any atom is 0.325 e. The molecule has 3 amide bonds. The van der Waals surface area contributed by atoms with Crippen LogP contribution in [0.25, 0.3) is 0 Å². The van der Waals surface area contributed by atoms with Crippen LogP contribution in [0.15, 0.2) is 4.99 Å². The van der Waals surface area contributed by atoms with E-state index in [2.05, 4.69) is 34.8 Å². The van der Waals surface area contributed by atoms with Gasteiger partial charge in [-0.3, -0.25) is 14.7 Å². The van der Waals surface area contributed by atoms with Crippen molar-refractivity contribution >= 4 is 41.9 Å². The predicted molar refractivity (Wildman–Crippen MR) is 122 cm³/mol. The van der Waals surface area contributed by atoms with Crippen molar-refractivity contribution in [3.8, 4) is 0 Å².